The Bertz CT molecular complexity index is 484. The molecule has 0 spiro atoms. The Morgan fingerprint density at radius 2 is 1.95 bits per heavy atom. The number of ether oxygens (including phenoxy) is 2. The zero-order valence-corrected chi connectivity index (χ0v) is 12.6. The highest BCUT2D eigenvalue weighted by Gasteiger charge is 2.26. The van der Waals surface area contributed by atoms with E-state index in [1.165, 1.54) is 0 Å². The topological polar surface area (TPSA) is 47.6 Å². The minimum atomic E-state index is -0.139. The predicted molar refractivity (Wildman–Crippen MR) is 79.1 cm³/mol. The molecule has 1 aromatic carbocycles. The number of nitrogens with one attached hydrogen (secondary N) is 1. The fraction of sp³-hybridized carbons (Fsp3) is 0.533. The van der Waals surface area contributed by atoms with Crippen molar-refractivity contribution in [2.75, 3.05) is 19.8 Å². The van der Waals surface area contributed by atoms with Crippen LogP contribution in [0.5, 0.6) is 11.5 Å². The highest BCUT2D eigenvalue weighted by molar-refractivity contribution is 6.34. The van der Waals surface area contributed by atoms with Crippen molar-refractivity contribution in [1.29, 1.82) is 0 Å². The molecule has 1 saturated heterocycles. The molecular formula is C15H20ClNO3. The first kappa shape index (κ1) is 15.1. The van der Waals surface area contributed by atoms with Crippen LogP contribution in [0.4, 0.5) is 0 Å². The van der Waals surface area contributed by atoms with Crippen molar-refractivity contribution < 1.29 is 14.3 Å². The summed E-state index contributed by atoms with van der Waals surface area (Å²) in [5.41, 5.74) is 0.498. The summed E-state index contributed by atoms with van der Waals surface area (Å²) in [4.78, 5) is 12.5. The van der Waals surface area contributed by atoms with E-state index in [1.807, 2.05) is 13.8 Å². The van der Waals surface area contributed by atoms with E-state index in [-0.39, 0.29) is 11.8 Å². The number of benzene rings is 1. The third kappa shape index (κ3) is 3.25. The third-order valence-electron chi connectivity index (χ3n) is 3.28. The Hall–Kier alpha value is -1.26. The normalized spacial score (nSPS) is 18.1. The number of halogens is 1. The quantitative estimate of drug-likeness (QED) is 0.820. The van der Waals surface area contributed by atoms with Crippen LogP contribution in [-0.2, 0) is 0 Å². The van der Waals surface area contributed by atoms with Crippen molar-refractivity contribution in [3.05, 3.63) is 22.7 Å². The average Bonchev–Trinajstić information content (AvgIpc) is 2.95. The number of ketones is 1. The summed E-state index contributed by atoms with van der Waals surface area (Å²) in [7, 11) is 0. The van der Waals surface area contributed by atoms with E-state index in [1.54, 1.807) is 12.1 Å². The van der Waals surface area contributed by atoms with Gasteiger partial charge in [-0.15, -0.1) is 0 Å². The van der Waals surface area contributed by atoms with E-state index in [0.29, 0.717) is 35.3 Å². The van der Waals surface area contributed by atoms with Crippen LogP contribution in [0.1, 0.15) is 37.0 Å². The van der Waals surface area contributed by atoms with Crippen LogP contribution in [0.3, 0.4) is 0 Å². The zero-order chi connectivity index (χ0) is 14.5. The van der Waals surface area contributed by atoms with E-state index in [9.17, 15) is 4.79 Å². The number of rotatable bonds is 6. The van der Waals surface area contributed by atoms with Gasteiger partial charge in [-0.3, -0.25) is 4.79 Å². The Kier molecular flexibility index (Phi) is 5.26. The average molecular weight is 298 g/mol. The molecule has 1 fully saturated rings. The maximum atomic E-state index is 12.5. The first-order valence-electron chi connectivity index (χ1n) is 7.04. The van der Waals surface area contributed by atoms with Gasteiger partial charge in [0, 0.05) is 11.6 Å². The first-order valence-corrected chi connectivity index (χ1v) is 7.41. The molecule has 1 heterocycles. The van der Waals surface area contributed by atoms with E-state index >= 15 is 0 Å². The monoisotopic (exact) mass is 297 g/mol. The van der Waals surface area contributed by atoms with Gasteiger partial charge in [0.15, 0.2) is 17.3 Å². The molecule has 110 valence electrons. The van der Waals surface area contributed by atoms with Crippen LogP contribution < -0.4 is 14.8 Å². The summed E-state index contributed by atoms with van der Waals surface area (Å²) in [6.45, 7) is 5.70. The van der Waals surface area contributed by atoms with Gasteiger partial charge in [-0.2, -0.15) is 0 Å². The second-order valence-corrected chi connectivity index (χ2v) is 5.07. The van der Waals surface area contributed by atoms with E-state index in [0.717, 1.165) is 19.4 Å². The molecule has 0 aromatic heterocycles. The minimum absolute atomic E-state index is 0.0245. The Labute approximate surface area is 124 Å². The molecule has 0 bridgehead atoms. The molecule has 1 N–H and O–H groups in total. The molecule has 20 heavy (non-hydrogen) atoms. The standard InChI is InChI=1S/C15H20ClNO3/c1-3-19-13-8-10(11(16)9-14(13)20-4-2)15(18)12-6-5-7-17-12/h8-9,12,17H,3-7H2,1-2H3. The summed E-state index contributed by atoms with van der Waals surface area (Å²) in [5.74, 6) is 1.17. The van der Waals surface area contributed by atoms with Gasteiger partial charge in [0.25, 0.3) is 0 Å². The van der Waals surface area contributed by atoms with E-state index < -0.39 is 0 Å². The number of carbonyl (C=O) groups is 1. The van der Waals surface area contributed by atoms with Crippen LogP contribution in [-0.4, -0.2) is 31.6 Å². The number of Topliss-reactive ketones (excluding diaryl/α,β-unsaturated/α-hetero) is 1. The van der Waals surface area contributed by atoms with Crippen LogP contribution in [0, 0.1) is 0 Å². The lowest BCUT2D eigenvalue weighted by Crippen LogP contribution is -2.30. The second-order valence-electron chi connectivity index (χ2n) is 4.66. The number of carbonyl (C=O) groups excluding carboxylic acids is 1. The zero-order valence-electron chi connectivity index (χ0n) is 11.9. The summed E-state index contributed by atoms with van der Waals surface area (Å²) in [6, 6.07) is 3.22. The first-order chi connectivity index (χ1) is 9.67. The summed E-state index contributed by atoms with van der Waals surface area (Å²) >= 11 is 6.23. The molecule has 0 radical (unpaired) electrons. The molecule has 5 heteroatoms. The van der Waals surface area contributed by atoms with E-state index in [2.05, 4.69) is 5.32 Å². The molecule has 1 aromatic rings. The number of hydrogen-bond donors (Lipinski definition) is 1. The van der Waals surface area contributed by atoms with Crippen molar-refractivity contribution >= 4 is 17.4 Å². The molecule has 1 unspecified atom stereocenters. The summed E-state index contributed by atoms with van der Waals surface area (Å²) in [6.07, 6.45) is 1.87. The van der Waals surface area contributed by atoms with Crippen molar-refractivity contribution in [2.24, 2.45) is 0 Å². The largest absolute Gasteiger partial charge is 0.490 e. The van der Waals surface area contributed by atoms with Gasteiger partial charge in [-0.1, -0.05) is 11.6 Å². The van der Waals surface area contributed by atoms with Gasteiger partial charge in [0.1, 0.15) is 0 Å². The minimum Gasteiger partial charge on any atom is -0.490 e. The molecule has 1 atom stereocenters. The molecular weight excluding hydrogens is 278 g/mol. The van der Waals surface area contributed by atoms with Crippen LogP contribution >= 0.6 is 11.6 Å². The van der Waals surface area contributed by atoms with Crippen molar-refractivity contribution in [3.63, 3.8) is 0 Å². The van der Waals surface area contributed by atoms with Crippen molar-refractivity contribution in [2.45, 2.75) is 32.7 Å². The van der Waals surface area contributed by atoms with Gasteiger partial charge in [-0.05, 0) is 39.3 Å². The van der Waals surface area contributed by atoms with Gasteiger partial charge < -0.3 is 14.8 Å². The summed E-state index contributed by atoms with van der Waals surface area (Å²) in [5, 5.41) is 3.61. The van der Waals surface area contributed by atoms with Gasteiger partial charge in [0.05, 0.1) is 24.3 Å². The molecule has 0 aliphatic carbocycles. The lowest BCUT2D eigenvalue weighted by Gasteiger charge is -2.15. The lowest BCUT2D eigenvalue weighted by atomic mass is 10.0. The molecule has 0 amide bonds. The molecule has 4 nitrogen and oxygen atoms in total. The van der Waals surface area contributed by atoms with Crippen LogP contribution in [0.2, 0.25) is 5.02 Å². The SMILES string of the molecule is CCOc1cc(Cl)c(C(=O)C2CCCN2)cc1OCC. The molecule has 2 rings (SSSR count). The van der Waals surface area contributed by atoms with Crippen LogP contribution in [0.25, 0.3) is 0 Å². The fourth-order valence-corrected chi connectivity index (χ4v) is 2.60. The second kappa shape index (κ2) is 6.95. The lowest BCUT2D eigenvalue weighted by molar-refractivity contribution is 0.0952. The van der Waals surface area contributed by atoms with E-state index in [4.69, 9.17) is 21.1 Å². The molecule has 0 saturated carbocycles. The highest BCUT2D eigenvalue weighted by Crippen LogP contribution is 2.34. The fourth-order valence-electron chi connectivity index (χ4n) is 2.36. The summed E-state index contributed by atoms with van der Waals surface area (Å²) < 4.78 is 11.0. The van der Waals surface area contributed by atoms with Gasteiger partial charge in [-0.25, -0.2) is 0 Å². The maximum absolute atomic E-state index is 12.5. The predicted octanol–water partition coefficient (Wildman–Crippen LogP) is 3.07. The van der Waals surface area contributed by atoms with Gasteiger partial charge >= 0.3 is 0 Å². The molecule has 1 aliphatic rings. The Morgan fingerprint density at radius 1 is 1.30 bits per heavy atom. The van der Waals surface area contributed by atoms with Crippen molar-refractivity contribution in [1.82, 2.24) is 5.32 Å². The molecule has 1 aliphatic heterocycles. The Balaban J connectivity index is 2.32. The van der Waals surface area contributed by atoms with Crippen LogP contribution in [0.15, 0.2) is 12.1 Å². The third-order valence-corrected chi connectivity index (χ3v) is 3.59. The maximum Gasteiger partial charge on any atom is 0.181 e. The van der Waals surface area contributed by atoms with Crippen molar-refractivity contribution in [3.8, 4) is 11.5 Å². The smallest absolute Gasteiger partial charge is 0.181 e. The van der Waals surface area contributed by atoms with Gasteiger partial charge in [0.2, 0.25) is 0 Å². The number of hydrogen-bond acceptors (Lipinski definition) is 4. The Morgan fingerprint density at radius 3 is 2.50 bits per heavy atom. The highest BCUT2D eigenvalue weighted by atomic mass is 35.5.